The Morgan fingerprint density at radius 3 is 2.67 bits per heavy atom. The van der Waals surface area contributed by atoms with Gasteiger partial charge >= 0.3 is 0 Å². The number of carbonyl (C=O) groups is 1. The van der Waals surface area contributed by atoms with E-state index in [1.54, 1.807) is 33.9 Å². The number of alkyl halides is 1. The summed E-state index contributed by atoms with van der Waals surface area (Å²) in [5.41, 5.74) is 0.181. The summed E-state index contributed by atoms with van der Waals surface area (Å²) in [6.45, 7) is 0.565. The van der Waals surface area contributed by atoms with Gasteiger partial charge in [-0.05, 0) is 48.4 Å². The maximum atomic E-state index is 14.2. The van der Waals surface area contributed by atoms with Crippen molar-refractivity contribution in [2.24, 2.45) is 10.8 Å². The number of aromatic nitrogens is 1. The predicted octanol–water partition coefficient (Wildman–Crippen LogP) is 3.34. The van der Waals surface area contributed by atoms with Crippen molar-refractivity contribution < 1.29 is 13.6 Å². The van der Waals surface area contributed by atoms with Crippen LogP contribution in [0.1, 0.15) is 42.9 Å². The molecular formula is C23H21F2N3O2. The largest absolute Gasteiger partial charge is 0.332 e. The first-order valence-corrected chi connectivity index (χ1v) is 10.1. The molecule has 4 fully saturated rings. The Kier molecular flexibility index (Phi) is 4.11. The number of pyridine rings is 1. The summed E-state index contributed by atoms with van der Waals surface area (Å²) < 4.78 is 29.5. The van der Waals surface area contributed by atoms with Gasteiger partial charge in [0.25, 0.3) is 5.56 Å². The van der Waals surface area contributed by atoms with E-state index in [0.717, 1.165) is 0 Å². The van der Waals surface area contributed by atoms with Crippen molar-refractivity contribution in [3.05, 3.63) is 69.9 Å². The van der Waals surface area contributed by atoms with Crippen LogP contribution < -0.4 is 5.56 Å². The van der Waals surface area contributed by atoms with Gasteiger partial charge in [-0.3, -0.25) is 9.59 Å². The normalized spacial score (nSPS) is 31.6. The minimum Gasteiger partial charge on any atom is -0.332 e. The number of hydrogen-bond acceptors (Lipinski definition) is 3. The lowest BCUT2D eigenvalue weighted by atomic mass is 9.34. The second kappa shape index (κ2) is 6.49. The number of likely N-dealkylation sites (tertiary alicyclic amines) is 1. The Hall–Kier alpha value is -3.01. The number of carbonyl (C=O) groups excluding carboxylic acids is 1. The molecule has 2 bridgehead atoms. The van der Waals surface area contributed by atoms with Crippen molar-refractivity contribution in [1.29, 1.82) is 5.26 Å². The number of halogens is 2. The summed E-state index contributed by atoms with van der Waals surface area (Å²) in [4.78, 5) is 27.1. The Balaban J connectivity index is 1.30. The number of rotatable bonds is 4. The van der Waals surface area contributed by atoms with E-state index in [1.165, 1.54) is 18.2 Å². The molecule has 1 saturated heterocycles. The molecule has 30 heavy (non-hydrogen) atoms. The first kappa shape index (κ1) is 19.0. The fraction of sp³-hybridized carbons (Fsp3) is 0.435. The van der Waals surface area contributed by atoms with E-state index in [0.29, 0.717) is 36.9 Å². The standard InChI is InChI=1S/C23H21F2N3O2/c24-17-3-1-2-16(7-17)19-8-18(25)10-28(19)21(30)23-11-22(12-23,13-23)14-27-5-4-15(9-26)6-20(27)29/h1-7,18-19H,8,10-14H2. The Morgan fingerprint density at radius 2 is 2.00 bits per heavy atom. The van der Waals surface area contributed by atoms with Crippen LogP contribution in [0.4, 0.5) is 8.78 Å². The second-order valence-electron chi connectivity index (χ2n) is 9.17. The first-order valence-electron chi connectivity index (χ1n) is 10.1. The molecule has 0 radical (unpaired) electrons. The molecule has 1 aliphatic heterocycles. The van der Waals surface area contributed by atoms with Crippen LogP contribution in [0, 0.1) is 28.0 Å². The van der Waals surface area contributed by atoms with E-state index >= 15 is 0 Å². The summed E-state index contributed by atoms with van der Waals surface area (Å²) in [6, 6.07) is 10.5. The van der Waals surface area contributed by atoms with Crippen molar-refractivity contribution in [2.75, 3.05) is 6.54 Å². The number of nitriles is 1. The quantitative estimate of drug-likeness (QED) is 0.778. The Labute approximate surface area is 172 Å². The van der Waals surface area contributed by atoms with Gasteiger partial charge < -0.3 is 9.47 Å². The summed E-state index contributed by atoms with van der Waals surface area (Å²) in [5, 5.41) is 8.90. The highest BCUT2D eigenvalue weighted by Gasteiger charge is 2.72. The van der Waals surface area contributed by atoms with Gasteiger partial charge in [0.2, 0.25) is 5.91 Å². The van der Waals surface area contributed by atoms with Gasteiger partial charge in [0.15, 0.2) is 0 Å². The van der Waals surface area contributed by atoms with Crippen molar-refractivity contribution in [1.82, 2.24) is 9.47 Å². The zero-order valence-corrected chi connectivity index (χ0v) is 16.4. The maximum absolute atomic E-state index is 14.2. The Morgan fingerprint density at radius 1 is 1.23 bits per heavy atom. The molecule has 2 atom stereocenters. The molecule has 3 aliphatic carbocycles. The lowest BCUT2D eigenvalue weighted by Gasteiger charge is -2.70. The molecule has 2 heterocycles. The van der Waals surface area contributed by atoms with E-state index in [2.05, 4.69) is 0 Å². The van der Waals surface area contributed by atoms with Gasteiger partial charge in [0.1, 0.15) is 12.0 Å². The molecule has 0 N–H and O–H groups in total. The summed E-state index contributed by atoms with van der Waals surface area (Å²) in [7, 11) is 0. The molecule has 5 nitrogen and oxygen atoms in total. The van der Waals surface area contributed by atoms with E-state index in [1.807, 2.05) is 6.07 Å². The third-order valence-electron chi connectivity index (χ3n) is 6.97. The highest BCUT2D eigenvalue weighted by Crippen LogP contribution is 2.74. The lowest BCUT2D eigenvalue weighted by molar-refractivity contribution is -0.222. The van der Waals surface area contributed by atoms with Gasteiger partial charge in [-0.2, -0.15) is 5.26 Å². The molecule has 4 aliphatic rings. The average Bonchev–Trinajstić information content (AvgIpc) is 3.06. The third-order valence-corrected chi connectivity index (χ3v) is 6.97. The molecule has 1 amide bonds. The lowest BCUT2D eigenvalue weighted by Crippen LogP contribution is -2.69. The van der Waals surface area contributed by atoms with Gasteiger partial charge in [0, 0.05) is 25.2 Å². The van der Waals surface area contributed by atoms with Gasteiger partial charge in [0.05, 0.1) is 29.6 Å². The van der Waals surface area contributed by atoms with Gasteiger partial charge in [-0.1, -0.05) is 12.1 Å². The van der Waals surface area contributed by atoms with Crippen LogP contribution in [-0.2, 0) is 11.3 Å². The van der Waals surface area contributed by atoms with Crippen LogP contribution in [0.2, 0.25) is 0 Å². The molecule has 2 unspecified atom stereocenters. The highest BCUT2D eigenvalue weighted by atomic mass is 19.1. The summed E-state index contributed by atoms with van der Waals surface area (Å²) in [6.07, 6.45) is 2.74. The van der Waals surface area contributed by atoms with Crippen LogP contribution >= 0.6 is 0 Å². The van der Waals surface area contributed by atoms with Gasteiger partial charge in [-0.25, -0.2) is 8.78 Å². The molecule has 6 rings (SSSR count). The number of hydrogen-bond donors (Lipinski definition) is 0. The predicted molar refractivity (Wildman–Crippen MR) is 105 cm³/mol. The zero-order chi connectivity index (χ0) is 21.1. The maximum Gasteiger partial charge on any atom is 0.251 e. The van der Waals surface area contributed by atoms with E-state index < -0.39 is 17.6 Å². The molecule has 3 saturated carbocycles. The molecule has 1 aromatic carbocycles. The SMILES string of the molecule is N#Cc1ccn(CC23CC(C(=O)N4CC(F)CC4c4cccc(F)c4)(C2)C3)c(=O)c1. The minimum atomic E-state index is -1.11. The van der Waals surface area contributed by atoms with E-state index in [-0.39, 0.29) is 35.7 Å². The molecule has 7 heteroatoms. The van der Waals surface area contributed by atoms with E-state index in [4.69, 9.17) is 5.26 Å². The van der Waals surface area contributed by atoms with Crippen LogP contribution in [0.3, 0.4) is 0 Å². The van der Waals surface area contributed by atoms with Crippen LogP contribution in [0.15, 0.2) is 47.4 Å². The fourth-order valence-electron chi connectivity index (χ4n) is 5.81. The van der Waals surface area contributed by atoms with E-state index in [9.17, 15) is 18.4 Å². The van der Waals surface area contributed by atoms with Crippen LogP contribution in [0.5, 0.6) is 0 Å². The summed E-state index contributed by atoms with van der Waals surface area (Å²) >= 11 is 0. The molecule has 154 valence electrons. The second-order valence-corrected chi connectivity index (χ2v) is 9.17. The molecule has 2 aromatic rings. The highest BCUT2D eigenvalue weighted by molar-refractivity contribution is 5.87. The Bertz CT molecular complexity index is 1120. The van der Waals surface area contributed by atoms with Crippen LogP contribution in [-0.4, -0.2) is 28.1 Å². The fourth-order valence-corrected chi connectivity index (χ4v) is 5.81. The number of nitrogens with zero attached hydrogens (tertiary/aromatic N) is 3. The summed E-state index contributed by atoms with van der Waals surface area (Å²) in [5.74, 6) is -0.439. The van der Waals surface area contributed by atoms with Crippen molar-refractivity contribution in [3.63, 3.8) is 0 Å². The average molecular weight is 409 g/mol. The van der Waals surface area contributed by atoms with Crippen LogP contribution in [0.25, 0.3) is 0 Å². The monoisotopic (exact) mass is 409 g/mol. The third kappa shape index (κ3) is 2.85. The smallest absolute Gasteiger partial charge is 0.251 e. The van der Waals surface area contributed by atoms with Crippen molar-refractivity contribution in [3.8, 4) is 6.07 Å². The molecule has 1 aromatic heterocycles. The van der Waals surface area contributed by atoms with Gasteiger partial charge in [-0.15, -0.1) is 0 Å². The minimum absolute atomic E-state index is 0.0455. The van der Waals surface area contributed by atoms with Crippen molar-refractivity contribution in [2.45, 2.75) is 44.4 Å². The molecular weight excluding hydrogens is 388 g/mol. The zero-order valence-electron chi connectivity index (χ0n) is 16.4. The number of benzene rings is 1. The topological polar surface area (TPSA) is 66.1 Å². The first-order chi connectivity index (χ1) is 14.3. The van der Waals surface area contributed by atoms with Crippen molar-refractivity contribution >= 4 is 5.91 Å². The molecule has 0 spiro atoms. The number of amides is 1.